The molecular formula is C9H15N3O2. The first-order valence-electron chi connectivity index (χ1n) is 4.53. The van der Waals surface area contributed by atoms with Crippen LogP contribution in [0.4, 0.5) is 0 Å². The third kappa shape index (κ3) is 1.82. The minimum absolute atomic E-state index is 0.112. The lowest BCUT2D eigenvalue weighted by atomic mass is 10.0. The normalized spacial score (nSPS) is 13.3. The number of hydrogen-bond donors (Lipinski definition) is 1. The number of ketones is 1. The van der Waals surface area contributed by atoms with E-state index in [0.29, 0.717) is 5.82 Å². The van der Waals surface area contributed by atoms with E-state index in [1.807, 2.05) is 0 Å². The van der Waals surface area contributed by atoms with Crippen molar-refractivity contribution in [2.75, 3.05) is 0 Å². The highest BCUT2D eigenvalue weighted by molar-refractivity contribution is 5.96. The van der Waals surface area contributed by atoms with Crippen molar-refractivity contribution < 1.29 is 9.90 Å². The van der Waals surface area contributed by atoms with Crippen molar-refractivity contribution in [1.29, 1.82) is 0 Å². The maximum Gasteiger partial charge on any atom is 0.228 e. The molecule has 1 N–H and O–H groups in total. The smallest absolute Gasteiger partial charge is 0.228 e. The van der Waals surface area contributed by atoms with Gasteiger partial charge in [-0.15, -0.1) is 10.2 Å². The second-order valence-electron chi connectivity index (χ2n) is 3.68. The van der Waals surface area contributed by atoms with Gasteiger partial charge >= 0.3 is 0 Å². The van der Waals surface area contributed by atoms with E-state index in [9.17, 15) is 9.90 Å². The van der Waals surface area contributed by atoms with Gasteiger partial charge in [0.15, 0.2) is 0 Å². The largest absolute Gasteiger partial charge is 0.385 e. The number of nitrogens with zero attached hydrogens (tertiary/aromatic N) is 3. The van der Waals surface area contributed by atoms with Gasteiger partial charge in [0.2, 0.25) is 11.6 Å². The number of carbonyl (C=O) groups excluding carboxylic acids is 1. The number of aliphatic hydroxyl groups excluding tert-OH is 1. The molecule has 0 aliphatic heterocycles. The Labute approximate surface area is 82.8 Å². The Morgan fingerprint density at radius 1 is 1.43 bits per heavy atom. The predicted molar refractivity (Wildman–Crippen MR) is 50.9 cm³/mol. The Balaban J connectivity index is 2.95. The molecule has 0 fully saturated rings. The van der Waals surface area contributed by atoms with Crippen molar-refractivity contribution in [2.45, 2.75) is 26.9 Å². The monoisotopic (exact) mass is 197 g/mol. The number of Topliss-reactive ketones (excluding diaryl/α,β-unsaturated/α-hetero) is 1. The van der Waals surface area contributed by atoms with Gasteiger partial charge in [0.1, 0.15) is 11.9 Å². The van der Waals surface area contributed by atoms with Crippen LogP contribution in [0.5, 0.6) is 0 Å². The van der Waals surface area contributed by atoms with Crippen molar-refractivity contribution in [1.82, 2.24) is 14.8 Å². The lowest BCUT2D eigenvalue weighted by Gasteiger charge is -2.11. The average molecular weight is 197 g/mol. The number of rotatable bonds is 3. The average Bonchev–Trinajstić information content (AvgIpc) is 2.45. The molecule has 5 heteroatoms. The van der Waals surface area contributed by atoms with Gasteiger partial charge < -0.3 is 9.67 Å². The van der Waals surface area contributed by atoms with Crippen LogP contribution >= 0.6 is 0 Å². The lowest BCUT2D eigenvalue weighted by Crippen LogP contribution is -2.28. The van der Waals surface area contributed by atoms with Crippen LogP contribution in [-0.4, -0.2) is 31.8 Å². The maximum absolute atomic E-state index is 11.6. The fourth-order valence-electron chi connectivity index (χ4n) is 1.06. The third-order valence-corrected chi connectivity index (χ3v) is 2.21. The van der Waals surface area contributed by atoms with Crippen molar-refractivity contribution in [3.63, 3.8) is 0 Å². The predicted octanol–water partition coefficient (Wildman–Crippen LogP) is 0.323. The van der Waals surface area contributed by atoms with E-state index in [4.69, 9.17) is 0 Å². The molecule has 14 heavy (non-hydrogen) atoms. The fourth-order valence-corrected chi connectivity index (χ4v) is 1.06. The van der Waals surface area contributed by atoms with Gasteiger partial charge in [-0.3, -0.25) is 4.79 Å². The standard InChI is InChI=1S/C9H15N3O2/c1-5(2)7(13)8(14)9-11-10-6(3)12(9)4/h5,7,13H,1-4H3. The molecule has 1 rings (SSSR count). The molecule has 1 heterocycles. The van der Waals surface area contributed by atoms with Gasteiger partial charge in [0.25, 0.3) is 0 Å². The third-order valence-electron chi connectivity index (χ3n) is 2.21. The SMILES string of the molecule is Cc1nnc(C(=O)C(O)C(C)C)n1C. The summed E-state index contributed by atoms with van der Waals surface area (Å²) in [4.78, 5) is 11.6. The van der Waals surface area contributed by atoms with Crippen molar-refractivity contribution in [2.24, 2.45) is 13.0 Å². The molecule has 5 nitrogen and oxygen atoms in total. The molecule has 0 saturated heterocycles. The molecule has 0 aliphatic carbocycles. The second kappa shape index (κ2) is 3.88. The summed E-state index contributed by atoms with van der Waals surface area (Å²) in [7, 11) is 1.70. The molecule has 0 radical (unpaired) electrons. The first kappa shape index (κ1) is 10.8. The van der Waals surface area contributed by atoms with Crippen molar-refractivity contribution >= 4 is 5.78 Å². The number of aryl methyl sites for hydroxylation is 1. The number of hydrogen-bond acceptors (Lipinski definition) is 4. The van der Waals surface area contributed by atoms with Crippen LogP contribution in [-0.2, 0) is 7.05 Å². The minimum atomic E-state index is -1.00. The van der Waals surface area contributed by atoms with Crippen LogP contribution in [0.25, 0.3) is 0 Å². The zero-order valence-electron chi connectivity index (χ0n) is 8.85. The van der Waals surface area contributed by atoms with Gasteiger partial charge in [0, 0.05) is 7.05 Å². The summed E-state index contributed by atoms with van der Waals surface area (Å²) in [5.74, 6) is 0.385. The van der Waals surface area contributed by atoms with Crippen LogP contribution in [0.3, 0.4) is 0 Å². The summed E-state index contributed by atoms with van der Waals surface area (Å²) in [6, 6.07) is 0. The molecule has 1 aromatic heterocycles. The highest BCUT2D eigenvalue weighted by Gasteiger charge is 2.24. The number of aromatic nitrogens is 3. The summed E-state index contributed by atoms with van der Waals surface area (Å²) in [5.41, 5.74) is 0. The molecule has 0 saturated carbocycles. The number of carbonyl (C=O) groups is 1. The molecule has 0 aromatic carbocycles. The van der Waals surface area contributed by atoms with Gasteiger partial charge in [-0.05, 0) is 12.8 Å². The summed E-state index contributed by atoms with van der Waals surface area (Å²) in [6.45, 7) is 5.32. The Kier molecular flexibility index (Phi) is 3.00. The van der Waals surface area contributed by atoms with Gasteiger partial charge in [-0.25, -0.2) is 0 Å². The van der Waals surface area contributed by atoms with E-state index in [1.165, 1.54) is 0 Å². The Hall–Kier alpha value is -1.23. The summed E-state index contributed by atoms with van der Waals surface area (Å²) < 4.78 is 1.58. The quantitative estimate of drug-likeness (QED) is 0.709. The maximum atomic E-state index is 11.6. The van der Waals surface area contributed by atoms with Crippen molar-refractivity contribution in [3.05, 3.63) is 11.6 Å². The molecular weight excluding hydrogens is 182 g/mol. The molecule has 0 spiro atoms. The van der Waals surface area contributed by atoms with E-state index in [1.54, 1.807) is 32.4 Å². The van der Waals surface area contributed by atoms with Crippen LogP contribution in [0, 0.1) is 12.8 Å². The molecule has 0 bridgehead atoms. The van der Waals surface area contributed by atoms with Crippen molar-refractivity contribution in [3.8, 4) is 0 Å². The first-order valence-corrected chi connectivity index (χ1v) is 4.53. The molecule has 78 valence electrons. The minimum Gasteiger partial charge on any atom is -0.385 e. The van der Waals surface area contributed by atoms with E-state index in [0.717, 1.165) is 0 Å². The molecule has 1 atom stereocenters. The van der Waals surface area contributed by atoms with E-state index in [-0.39, 0.29) is 17.5 Å². The second-order valence-corrected chi connectivity index (χ2v) is 3.68. The summed E-state index contributed by atoms with van der Waals surface area (Å²) in [6.07, 6.45) is -1.00. The van der Waals surface area contributed by atoms with Gasteiger partial charge in [-0.1, -0.05) is 13.8 Å². The highest BCUT2D eigenvalue weighted by Crippen LogP contribution is 2.08. The van der Waals surface area contributed by atoms with E-state index in [2.05, 4.69) is 10.2 Å². The summed E-state index contributed by atoms with van der Waals surface area (Å²) >= 11 is 0. The Morgan fingerprint density at radius 3 is 2.36 bits per heavy atom. The topological polar surface area (TPSA) is 68.0 Å². The lowest BCUT2D eigenvalue weighted by molar-refractivity contribution is 0.0632. The Morgan fingerprint density at radius 2 is 2.00 bits per heavy atom. The van der Waals surface area contributed by atoms with E-state index >= 15 is 0 Å². The van der Waals surface area contributed by atoms with E-state index < -0.39 is 6.10 Å². The fraction of sp³-hybridized carbons (Fsp3) is 0.667. The summed E-state index contributed by atoms with van der Waals surface area (Å²) in [5, 5.41) is 17.0. The molecule has 1 aromatic rings. The van der Waals surface area contributed by atoms with Crippen LogP contribution in [0.1, 0.15) is 30.3 Å². The first-order chi connectivity index (χ1) is 6.45. The van der Waals surface area contributed by atoms with Gasteiger partial charge in [0.05, 0.1) is 0 Å². The molecule has 1 unspecified atom stereocenters. The van der Waals surface area contributed by atoms with Crippen LogP contribution in [0.2, 0.25) is 0 Å². The van der Waals surface area contributed by atoms with Crippen LogP contribution in [0.15, 0.2) is 0 Å². The highest BCUT2D eigenvalue weighted by atomic mass is 16.3. The Bertz CT molecular complexity index is 344. The molecule has 0 amide bonds. The van der Waals surface area contributed by atoms with Crippen LogP contribution < -0.4 is 0 Å². The number of aliphatic hydroxyl groups is 1. The zero-order chi connectivity index (χ0) is 10.9. The zero-order valence-corrected chi connectivity index (χ0v) is 8.85. The van der Waals surface area contributed by atoms with Gasteiger partial charge in [-0.2, -0.15) is 0 Å². The molecule has 0 aliphatic rings.